The molecule has 0 aromatic heterocycles. The summed E-state index contributed by atoms with van der Waals surface area (Å²) >= 11 is 5.86. The van der Waals surface area contributed by atoms with Gasteiger partial charge in [-0.05, 0) is 31.0 Å². The molecular formula is C14H19ClN2O3. The van der Waals surface area contributed by atoms with Gasteiger partial charge in [-0.1, -0.05) is 11.6 Å². The number of benzene rings is 1. The minimum Gasteiger partial charge on any atom is -0.397 e. The standard InChI is InChI=1S/C14H19ClN2O3/c15-10-1-2-12(16)13(9-10)17-14(18)5-8-20-11-3-6-19-7-4-11/h1-2,9,11H,3-8,16H2,(H,17,18). The zero-order valence-corrected chi connectivity index (χ0v) is 12.0. The third-order valence-electron chi connectivity index (χ3n) is 3.14. The maximum atomic E-state index is 11.8. The highest BCUT2D eigenvalue weighted by Gasteiger charge is 2.14. The van der Waals surface area contributed by atoms with Gasteiger partial charge in [-0.3, -0.25) is 4.79 Å². The fourth-order valence-electron chi connectivity index (χ4n) is 2.01. The summed E-state index contributed by atoms with van der Waals surface area (Å²) in [4.78, 5) is 11.8. The van der Waals surface area contributed by atoms with Crippen molar-refractivity contribution in [1.29, 1.82) is 0 Å². The maximum Gasteiger partial charge on any atom is 0.226 e. The Balaban J connectivity index is 1.73. The number of ether oxygens (including phenoxy) is 2. The van der Waals surface area contributed by atoms with Crippen LogP contribution in [0.4, 0.5) is 11.4 Å². The monoisotopic (exact) mass is 298 g/mol. The molecule has 0 aliphatic carbocycles. The van der Waals surface area contributed by atoms with E-state index < -0.39 is 0 Å². The molecule has 0 atom stereocenters. The highest BCUT2D eigenvalue weighted by Crippen LogP contribution is 2.23. The van der Waals surface area contributed by atoms with Crippen molar-refractivity contribution >= 4 is 28.9 Å². The normalized spacial score (nSPS) is 16.1. The van der Waals surface area contributed by atoms with Gasteiger partial charge in [0.2, 0.25) is 5.91 Å². The molecule has 1 heterocycles. The molecule has 2 rings (SSSR count). The highest BCUT2D eigenvalue weighted by atomic mass is 35.5. The van der Waals surface area contributed by atoms with Gasteiger partial charge in [0.15, 0.2) is 0 Å². The lowest BCUT2D eigenvalue weighted by Crippen LogP contribution is -2.25. The van der Waals surface area contributed by atoms with E-state index in [0.29, 0.717) is 29.4 Å². The van der Waals surface area contributed by atoms with Gasteiger partial charge in [0.05, 0.1) is 30.5 Å². The van der Waals surface area contributed by atoms with Gasteiger partial charge in [0, 0.05) is 18.2 Å². The van der Waals surface area contributed by atoms with Crippen LogP contribution in [0.25, 0.3) is 0 Å². The Labute approximate surface area is 123 Å². The lowest BCUT2D eigenvalue weighted by Gasteiger charge is -2.22. The third kappa shape index (κ3) is 4.67. The Morgan fingerprint density at radius 3 is 2.95 bits per heavy atom. The molecule has 1 aromatic carbocycles. The van der Waals surface area contributed by atoms with E-state index in [2.05, 4.69) is 5.32 Å². The van der Waals surface area contributed by atoms with E-state index in [-0.39, 0.29) is 12.0 Å². The molecule has 1 aliphatic heterocycles. The summed E-state index contributed by atoms with van der Waals surface area (Å²) in [6.07, 6.45) is 2.28. The van der Waals surface area contributed by atoms with Crippen LogP contribution in [0.15, 0.2) is 18.2 Å². The smallest absolute Gasteiger partial charge is 0.226 e. The lowest BCUT2D eigenvalue weighted by atomic mass is 10.1. The fourth-order valence-corrected chi connectivity index (χ4v) is 2.18. The number of rotatable bonds is 5. The molecule has 1 saturated heterocycles. The first-order chi connectivity index (χ1) is 9.65. The molecule has 1 fully saturated rings. The van der Waals surface area contributed by atoms with E-state index in [1.807, 2.05) is 0 Å². The van der Waals surface area contributed by atoms with E-state index in [1.165, 1.54) is 0 Å². The fraction of sp³-hybridized carbons (Fsp3) is 0.500. The minimum absolute atomic E-state index is 0.133. The quantitative estimate of drug-likeness (QED) is 0.819. The minimum atomic E-state index is -0.133. The summed E-state index contributed by atoms with van der Waals surface area (Å²) in [6.45, 7) is 1.86. The number of hydrogen-bond donors (Lipinski definition) is 2. The summed E-state index contributed by atoms with van der Waals surface area (Å²) < 4.78 is 10.9. The molecule has 6 heteroatoms. The Morgan fingerprint density at radius 2 is 2.20 bits per heavy atom. The van der Waals surface area contributed by atoms with Crippen molar-refractivity contribution in [3.8, 4) is 0 Å². The van der Waals surface area contributed by atoms with Crippen LogP contribution in [0.3, 0.4) is 0 Å². The number of amides is 1. The first-order valence-electron chi connectivity index (χ1n) is 6.69. The van der Waals surface area contributed by atoms with Crippen LogP contribution < -0.4 is 11.1 Å². The van der Waals surface area contributed by atoms with E-state index in [0.717, 1.165) is 26.1 Å². The molecule has 0 radical (unpaired) electrons. The molecule has 5 nitrogen and oxygen atoms in total. The van der Waals surface area contributed by atoms with Gasteiger partial charge in [-0.25, -0.2) is 0 Å². The van der Waals surface area contributed by atoms with Crippen LogP contribution in [0.5, 0.6) is 0 Å². The Kier molecular flexibility index (Phi) is 5.64. The van der Waals surface area contributed by atoms with Crippen molar-refractivity contribution in [3.63, 3.8) is 0 Å². The first kappa shape index (κ1) is 15.1. The predicted octanol–water partition coefficient (Wildman–Crippen LogP) is 2.45. The molecule has 0 bridgehead atoms. The molecule has 3 N–H and O–H groups in total. The van der Waals surface area contributed by atoms with E-state index >= 15 is 0 Å². The van der Waals surface area contributed by atoms with Gasteiger partial charge in [0.25, 0.3) is 0 Å². The summed E-state index contributed by atoms with van der Waals surface area (Å²) in [6, 6.07) is 4.98. The largest absolute Gasteiger partial charge is 0.397 e. The van der Waals surface area contributed by atoms with Crippen molar-refractivity contribution < 1.29 is 14.3 Å². The molecule has 20 heavy (non-hydrogen) atoms. The summed E-state index contributed by atoms with van der Waals surface area (Å²) in [5, 5.41) is 3.27. The number of nitrogens with one attached hydrogen (secondary N) is 1. The second-order valence-electron chi connectivity index (χ2n) is 4.71. The van der Waals surface area contributed by atoms with Gasteiger partial charge >= 0.3 is 0 Å². The zero-order valence-electron chi connectivity index (χ0n) is 11.2. The van der Waals surface area contributed by atoms with Gasteiger partial charge < -0.3 is 20.5 Å². The molecular weight excluding hydrogens is 280 g/mol. The van der Waals surface area contributed by atoms with Crippen molar-refractivity contribution in [2.75, 3.05) is 30.9 Å². The molecule has 1 aliphatic rings. The average Bonchev–Trinajstić information content (AvgIpc) is 2.44. The molecule has 110 valence electrons. The number of nitrogen functional groups attached to an aromatic ring is 1. The van der Waals surface area contributed by atoms with Crippen LogP contribution >= 0.6 is 11.6 Å². The molecule has 1 amide bonds. The second-order valence-corrected chi connectivity index (χ2v) is 5.15. The summed E-state index contributed by atoms with van der Waals surface area (Å²) in [5.41, 5.74) is 6.79. The van der Waals surface area contributed by atoms with Crippen LogP contribution in [-0.4, -0.2) is 31.8 Å². The molecule has 0 spiro atoms. The number of nitrogens with two attached hydrogens (primary N) is 1. The van der Waals surface area contributed by atoms with Crippen molar-refractivity contribution in [3.05, 3.63) is 23.2 Å². The predicted molar refractivity (Wildman–Crippen MR) is 78.9 cm³/mol. The second kappa shape index (κ2) is 7.47. The Morgan fingerprint density at radius 1 is 1.45 bits per heavy atom. The van der Waals surface area contributed by atoms with Crippen LogP contribution in [0.2, 0.25) is 5.02 Å². The van der Waals surface area contributed by atoms with Crippen LogP contribution in [0, 0.1) is 0 Å². The molecule has 0 saturated carbocycles. The summed E-state index contributed by atoms with van der Waals surface area (Å²) in [5.74, 6) is -0.133. The number of halogens is 1. The SMILES string of the molecule is Nc1ccc(Cl)cc1NC(=O)CCOC1CCOCC1. The Hall–Kier alpha value is -1.30. The van der Waals surface area contributed by atoms with Gasteiger partial charge in [-0.15, -0.1) is 0 Å². The van der Waals surface area contributed by atoms with E-state index in [4.69, 9.17) is 26.8 Å². The van der Waals surface area contributed by atoms with Gasteiger partial charge in [-0.2, -0.15) is 0 Å². The lowest BCUT2D eigenvalue weighted by molar-refractivity contribution is -0.118. The third-order valence-corrected chi connectivity index (χ3v) is 3.38. The maximum absolute atomic E-state index is 11.8. The van der Waals surface area contributed by atoms with Crippen molar-refractivity contribution in [2.45, 2.75) is 25.4 Å². The first-order valence-corrected chi connectivity index (χ1v) is 7.07. The topological polar surface area (TPSA) is 73.6 Å². The van der Waals surface area contributed by atoms with Crippen molar-refractivity contribution in [2.24, 2.45) is 0 Å². The number of carbonyl (C=O) groups is 1. The Bertz CT molecular complexity index is 462. The number of hydrogen-bond acceptors (Lipinski definition) is 4. The number of anilines is 2. The van der Waals surface area contributed by atoms with Crippen molar-refractivity contribution in [1.82, 2.24) is 0 Å². The van der Waals surface area contributed by atoms with E-state index in [9.17, 15) is 4.79 Å². The number of carbonyl (C=O) groups excluding carboxylic acids is 1. The highest BCUT2D eigenvalue weighted by molar-refractivity contribution is 6.31. The zero-order chi connectivity index (χ0) is 14.4. The summed E-state index contributed by atoms with van der Waals surface area (Å²) in [7, 11) is 0. The van der Waals surface area contributed by atoms with E-state index in [1.54, 1.807) is 18.2 Å². The van der Waals surface area contributed by atoms with Gasteiger partial charge in [0.1, 0.15) is 0 Å². The molecule has 0 unspecified atom stereocenters. The molecule has 1 aromatic rings. The van der Waals surface area contributed by atoms with Crippen LogP contribution in [0.1, 0.15) is 19.3 Å². The average molecular weight is 299 g/mol. The van der Waals surface area contributed by atoms with Crippen LogP contribution in [-0.2, 0) is 14.3 Å².